The average Bonchev–Trinajstić information content (AvgIpc) is 2.46. The number of hydrogen-bond acceptors (Lipinski definition) is 4. The Morgan fingerprint density at radius 2 is 2.00 bits per heavy atom. The Kier molecular flexibility index (Phi) is 10.6. The molecule has 0 saturated carbocycles. The molecule has 0 heterocycles. The van der Waals surface area contributed by atoms with Crippen LogP contribution in [0.1, 0.15) is 30.6 Å². The molecule has 1 aromatic rings. The molecular formula is C16H25Cl2N3O3. The van der Waals surface area contributed by atoms with Crippen LogP contribution in [0, 0.1) is 5.92 Å². The van der Waals surface area contributed by atoms with Crippen LogP contribution in [-0.4, -0.2) is 38.1 Å². The number of hydrogen-bond donors (Lipinski definition) is 3. The quantitative estimate of drug-likeness (QED) is 0.606. The van der Waals surface area contributed by atoms with Crippen molar-refractivity contribution in [1.29, 1.82) is 0 Å². The summed E-state index contributed by atoms with van der Waals surface area (Å²) in [7, 11) is 1.56. The number of rotatable bonds is 8. The molecule has 6 nitrogen and oxygen atoms in total. The molecule has 0 unspecified atom stereocenters. The Labute approximate surface area is 153 Å². The van der Waals surface area contributed by atoms with Gasteiger partial charge in [-0.1, -0.05) is 25.4 Å². The minimum atomic E-state index is -0.578. The van der Waals surface area contributed by atoms with E-state index in [1.165, 1.54) is 6.07 Å². The second-order valence-electron chi connectivity index (χ2n) is 5.67. The number of carbonyl (C=O) groups is 2. The van der Waals surface area contributed by atoms with E-state index in [0.717, 1.165) is 0 Å². The van der Waals surface area contributed by atoms with Crippen LogP contribution >= 0.6 is 24.0 Å². The summed E-state index contributed by atoms with van der Waals surface area (Å²) in [4.78, 5) is 23.9. The summed E-state index contributed by atoms with van der Waals surface area (Å²) in [5.74, 6) is -0.231. The van der Waals surface area contributed by atoms with E-state index in [-0.39, 0.29) is 29.2 Å². The van der Waals surface area contributed by atoms with Crippen LogP contribution in [-0.2, 0) is 9.53 Å². The molecule has 0 saturated heterocycles. The molecule has 2 amide bonds. The van der Waals surface area contributed by atoms with Gasteiger partial charge in [0.05, 0.1) is 23.2 Å². The molecule has 1 aromatic carbocycles. The number of nitrogens with one attached hydrogen (secondary N) is 2. The molecule has 0 spiro atoms. The molecule has 1 atom stereocenters. The van der Waals surface area contributed by atoms with Gasteiger partial charge in [-0.2, -0.15) is 0 Å². The Hall–Kier alpha value is -1.34. The summed E-state index contributed by atoms with van der Waals surface area (Å²) in [5, 5.41) is 5.65. The Balaban J connectivity index is 0.00000529. The van der Waals surface area contributed by atoms with Crippen molar-refractivity contribution in [2.75, 3.05) is 25.6 Å². The molecule has 136 valence electrons. The zero-order chi connectivity index (χ0) is 17.4. The van der Waals surface area contributed by atoms with Crippen LogP contribution in [0.4, 0.5) is 5.69 Å². The van der Waals surface area contributed by atoms with E-state index in [1.807, 2.05) is 13.8 Å². The molecule has 0 aliphatic carbocycles. The van der Waals surface area contributed by atoms with E-state index >= 15 is 0 Å². The van der Waals surface area contributed by atoms with E-state index < -0.39 is 6.04 Å². The highest BCUT2D eigenvalue weighted by Crippen LogP contribution is 2.21. The van der Waals surface area contributed by atoms with Gasteiger partial charge in [0.25, 0.3) is 5.91 Å². The smallest absolute Gasteiger partial charge is 0.252 e. The van der Waals surface area contributed by atoms with Crippen LogP contribution in [0.5, 0.6) is 0 Å². The predicted molar refractivity (Wildman–Crippen MR) is 99.0 cm³/mol. The lowest BCUT2D eigenvalue weighted by Gasteiger charge is -2.15. The highest BCUT2D eigenvalue weighted by molar-refractivity contribution is 6.34. The second-order valence-corrected chi connectivity index (χ2v) is 6.08. The molecule has 0 radical (unpaired) electrons. The van der Waals surface area contributed by atoms with Crippen molar-refractivity contribution < 1.29 is 14.3 Å². The fourth-order valence-electron chi connectivity index (χ4n) is 1.99. The predicted octanol–water partition coefficient (Wildman–Crippen LogP) is 2.45. The van der Waals surface area contributed by atoms with Gasteiger partial charge in [-0.25, -0.2) is 0 Å². The highest BCUT2D eigenvalue weighted by atomic mass is 35.5. The monoisotopic (exact) mass is 377 g/mol. The molecule has 1 rings (SSSR count). The van der Waals surface area contributed by atoms with Gasteiger partial charge in [0, 0.05) is 19.3 Å². The third-order valence-electron chi connectivity index (χ3n) is 3.14. The average molecular weight is 378 g/mol. The molecule has 0 aliphatic rings. The molecule has 24 heavy (non-hydrogen) atoms. The van der Waals surface area contributed by atoms with Crippen molar-refractivity contribution in [3.63, 3.8) is 0 Å². The number of halogens is 2. The number of benzene rings is 1. The van der Waals surface area contributed by atoms with Crippen LogP contribution in [0.3, 0.4) is 0 Å². The minimum absolute atomic E-state index is 0. The normalized spacial score (nSPS) is 11.6. The van der Waals surface area contributed by atoms with Gasteiger partial charge in [-0.15, -0.1) is 12.4 Å². The molecule has 0 aliphatic heterocycles. The van der Waals surface area contributed by atoms with E-state index in [2.05, 4.69) is 10.6 Å². The van der Waals surface area contributed by atoms with Gasteiger partial charge < -0.3 is 21.1 Å². The van der Waals surface area contributed by atoms with Crippen LogP contribution in [0.2, 0.25) is 5.02 Å². The Morgan fingerprint density at radius 3 is 2.54 bits per heavy atom. The Bertz CT molecular complexity index is 553. The van der Waals surface area contributed by atoms with Gasteiger partial charge >= 0.3 is 0 Å². The van der Waals surface area contributed by atoms with E-state index in [9.17, 15) is 9.59 Å². The maximum atomic E-state index is 12.0. The third-order valence-corrected chi connectivity index (χ3v) is 3.45. The summed E-state index contributed by atoms with van der Waals surface area (Å²) in [6, 6.07) is 4.14. The lowest BCUT2D eigenvalue weighted by molar-refractivity contribution is -0.117. The highest BCUT2D eigenvalue weighted by Gasteiger charge is 2.16. The maximum absolute atomic E-state index is 12.0. The fraction of sp³-hybridized carbons (Fsp3) is 0.500. The molecule has 0 bridgehead atoms. The van der Waals surface area contributed by atoms with E-state index in [1.54, 1.807) is 19.2 Å². The summed E-state index contributed by atoms with van der Waals surface area (Å²) >= 11 is 6.11. The first-order valence-electron chi connectivity index (χ1n) is 7.48. The minimum Gasteiger partial charge on any atom is -0.383 e. The third kappa shape index (κ3) is 7.49. The van der Waals surface area contributed by atoms with Crippen molar-refractivity contribution in [3.8, 4) is 0 Å². The molecule has 0 aromatic heterocycles. The van der Waals surface area contributed by atoms with Crippen LogP contribution in [0.25, 0.3) is 0 Å². The van der Waals surface area contributed by atoms with Crippen molar-refractivity contribution in [3.05, 3.63) is 28.8 Å². The first-order chi connectivity index (χ1) is 10.8. The lowest BCUT2D eigenvalue weighted by Crippen LogP contribution is -2.36. The zero-order valence-corrected chi connectivity index (χ0v) is 15.7. The summed E-state index contributed by atoms with van der Waals surface area (Å²) in [6.07, 6.45) is 0.597. The topological polar surface area (TPSA) is 93.5 Å². The molecular weight excluding hydrogens is 353 g/mol. The van der Waals surface area contributed by atoms with Crippen molar-refractivity contribution in [2.24, 2.45) is 11.7 Å². The standard InChI is InChI=1S/C16H24ClN3O3.ClH/c1-10(2)8-14(18)16(22)20-11-4-5-12(13(17)9-11)15(21)19-6-7-23-3;/h4-5,9-10,14H,6-8,18H2,1-3H3,(H,19,21)(H,20,22);1H/t14-;/m0./s1. The second kappa shape index (κ2) is 11.3. The zero-order valence-electron chi connectivity index (χ0n) is 14.1. The Morgan fingerprint density at radius 1 is 1.33 bits per heavy atom. The van der Waals surface area contributed by atoms with Crippen LogP contribution < -0.4 is 16.4 Å². The fourth-order valence-corrected chi connectivity index (χ4v) is 2.26. The largest absolute Gasteiger partial charge is 0.383 e. The van der Waals surface area contributed by atoms with Gasteiger partial charge in [0.2, 0.25) is 5.91 Å². The summed E-state index contributed by atoms with van der Waals surface area (Å²) in [5.41, 5.74) is 6.68. The maximum Gasteiger partial charge on any atom is 0.252 e. The number of nitrogens with two attached hydrogens (primary N) is 1. The number of anilines is 1. The van der Waals surface area contributed by atoms with Crippen molar-refractivity contribution in [2.45, 2.75) is 26.3 Å². The molecule has 4 N–H and O–H groups in total. The SMILES string of the molecule is COCCNC(=O)c1ccc(NC(=O)[C@@H](N)CC(C)C)cc1Cl.Cl. The van der Waals surface area contributed by atoms with Crippen molar-refractivity contribution >= 4 is 41.5 Å². The van der Waals surface area contributed by atoms with Gasteiger partial charge in [0.15, 0.2) is 0 Å². The van der Waals surface area contributed by atoms with Gasteiger partial charge in [0.1, 0.15) is 0 Å². The summed E-state index contributed by atoms with van der Waals surface area (Å²) < 4.78 is 4.86. The van der Waals surface area contributed by atoms with Gasteiger partial charge in [-0.05, 0) is 30.5 Å². The number of methoxy groups -OCH3 is 1. The molecule has 8 heteroatoms. The van der Waals surface area contributed by atoms with Gasteiger partial charge in [-0.3, -0.25) is 9.59 Å². The summed E-state index contributed by atoms with van der Waals surface area (Å²) in [6.45, 7) is 4.82. The number of ether oxygens (including phenoxy) is 1. The van der Waals surface area contributed by atoms with E-state index in [0.29, 0.717) is 36.7 Å². The van der Waals surface area contributed by atoms with Crippen molar-refractivity contribution in [1.82, 2.24) is 5.32 Å². The number of amides is 2. The lowest BCUT2D eigenvalue weighted by atomic mass is 10.0. The first-order valence-corrected chi connectivity index (χ1v) is 7.86. The van der Waals surface area contributed by atoms with E-state index in [4.69, 9.17) is 22.1 Å². The van der Waals surface area contributed by atoms with Crippen LogP contribution in [0.15, 0.2) is 18.2 Å². The first kappa shape index (κ1) is 22.7. The number of carbonyl (C=O) groups excluding carboxylic acids is 2. The molecule has 0 fully saturated rings.